The van der Waals surface area contributed by atoms with Crippen LogP contribution in [0.25, 0.3) is 5.69 Å². The average molecular weight is 266 g/mol. The Kier molecular flexibility index (Phi) is 2.77. The molecule has 0 spiro atoms. The van der Waals surface area contributed by atoms with Crippen molar-refractivity contribution in [2.24, 2.45) is 0 Å². The Morgan fingerprint density at radius 2 is 2.13 bits per heavy atom. The number of aryl methyl sites for hydroxylation is 1. The minimum Gasteiger partial charge on any atom is -0.384 e. The summed E-state index contributed by atoms with van der Waals surface area (Å²) in [5.74, 6) is 0.666. The van der Waals surface area contributed by atoms with Crippen molar-refractivity contribution in [2.75, 3.05) is 5.73 Å². The number of halogens is 1. The number of aromatic nitrogens is 2. The highest BCUT2D eigenvalue weighted by molar-refractivity contribution is 9.10. The summed E-state index contributed by atoms with van der Waals surface area (Å²) in [5, 5.41) is 4.42. The minimum atomic E-state index is 0.666. The van der Waals surface area contributed by atoms with Crippen LogP contribution in [-0.2, 0) is 6.42 Å². The van der Waals surface area contributed by atoms with E-state index >= 15 is 0 Å². The smallest absolute Gasteiger partial charge is 0.127 e. The molecule has 0 saturated heterocycles. The van der Waals surface area contributed by atoms with Crippen molar-refractivity contribution >= 4 is 21.7 Å². The molecule has 0 amide bonds. The summed E-state index contributed by atoms with van der Waals surface area (Å²) in [6, 6.07) is 9.79. The second kappa shape index (κ2) is 4.06. The third-order valence-corrected chi connectivity index (χ3v) is 2.90. The van der Waals surface area contributed by atoms with Crippen molar-refractivity contribution in [1.82, 2.24) is 9.78 Å². The SMILES string of the molecule is CCc1cc(N)n(-c2ccccc2Br)n1. The molecule has 3 nitrogen and oxygen atoms in total. The van der Waals surface area contributed by atoms with Gasteiger partial charge in [-0.2, -0.15) is 5.10 Å². The van der Waals surface area contributed by atoms with Gasteiger partial charge in [-0.25, -0.2) is 4.68 Å². The predicted molar refractivity (Wildman–Crippen MR) is 65.1 cm³/mol. The number of rotatable bonds is 2. The lowest BCUT2D eigenvalue weighted by molar-refractivity contribution is 0.846. The fourth-order valence-corrected chi connectivity index (χ4v) is 1.89. The fourth-order valence-electron chi connectivity index (χ4n) is 1.44. The summed E-state index contributed by atoms with van der Waals surface area (Å²) >= 11 is 3.48. The van der Waals surface area contributed by atoms with Gasteiger partial charge in [0.25, 0.3) is 0 Å². The van der Waals surface area contributed by atoms with E-state index in [4.69, 9.17) is 5.73 Å². The van der Waals surface area contributed by atoms with Gasteiger partial charge in [0.1, 0.15) is 5.82 Å². The quantitative estimate of drug-likeness (QED) is 0.908. The van der Waals surface area contributed by atoms with Gasteiger partial charge in [-0.05, 0) is 34.5 Å². The Bertz CT molecular complexity index is 476. The molecule has 1 heterocycles. The molecule has 2 aromatic rings. The standard InChI is InChI=1S/C11H12BrN3/c1-2-8-7-11(13)15(14-8)10-6-4-3-5-9(10)12/h3-7H,2,13H2,1H3. The first-order chi connectivity index (χ1) is 7.22. The molecule has 2 N–H and O–H groups in total. The number of nitrogens with zero attached hydrogens (tertiary/aromatic N) is 2. The van der Waals surface area contributed by atoms with Crippen molar-refractivity contribution in [2.45, 2.75) is 13.3 Å². The van der Waals surface area contributed by atoms with E-state index in [0.717, 1.165) is 22.3 Å². The summed E-state index contributed by atoms with van der Waals surface area (Å²) in [5.41, 5.74) is 7.87. The average Bonchev–Trinajstić information content (AvgIpc) is 2.60. The zero-order valence-electron chi connectivity index (χ0n) is 8.44. The number of hydrogen-bond acceptors (Lipinski definition) is 2. The van der Waals surface area contributed by atoms with E-state index in [1.54, 1.807) is 4.68 Å². The summed E-state index contributed by atoms with van der Waals surface area (Å²) in [6.45, 7) is 2.06. The van der Waals surface area contributed by atoms with Crippen LogP contribution in [0, 0.1) is 0 Å². The molecule has 0 aliphatic heterocycles. The Labute approximate surface area is 97.0 Å². The number of nitrogen functional groups attached to an aromatic ring is 1. The maximum atomic E-state index is 5.90. The van der Waals surface area contributed by atoms with Crippen molar-refractivity contribution < 1.29 is 0 Å². The monoisotopic (exact) mass is 265 g/mol. The van der Waals surface area contributed by atoms with Crippen LogP contribution in [-0.4, -0.2) is 9.78 Å². The maximum Gasteiger partial charge on any atom is 0.127 e. The molecule has 0 aliphatic carbocycles. The highest BCUT2D eigenvalue weighted by Crippen LogP contribution is 2.22. The molecule has 0 saturated carbocycles. The van der Waals surface area contributed by atoms with Crippen LogP contribution in [0.3, 0.4) is 0 Å². The van der Waals surface area contributed by atoms with Crippen LogP contribution in [0.5, 0.6) is 0 Å². The number of hydrogen-bond donors (Lipinski definition) is 1. The van der Waals surface area contributed by atoms with Crippen molar-refractivity contribution in [3.63, 3.8) is 0 Å². The first kappa shape index (κ1) is 10.2. The van der Waals surface area contributed by atoms with Gasteiger partial charge in [0.15, 0.2) is 0 Å². The molecular weight excluding hydrogens is 254 g/mol. The van der Waals surface area contributed by atoms with Gasteiger partial charge < -0.3 is 5.73 Å². The molecule has 0 fully saturated rings. The fraction of sp³-hybridized carbons (Fsp3) is 0.182. The zero-order valence-corrected chi connectivity index (χ0v) is 10.0. The van der Waals surface area contributed by atoms with Crippen LogP contribution in [0.1, 0.15) is 12.6 Å². The first-order valence-electron chi connectivity index (χ1n) is 4.81. The molecule has 1 aromatic heterocycles. The van der Waals surface area contributed by atoms with E-state index in [2.05, 4.69) is 28.0 Å². The summed E-state index contributed by atoms with van der Waals surface area (Å²) < 4.78 is 2.74. The van der Waals surface area contributed by atoms with Crippen molar-refractivity contribution in [1.29, 1.82) is 0 Å². The molecular formula is C11H12BrN3. The lowest BCUT2D eigenvalue weighted by atomic mass is 10.3. The Morgan fingerprint density at radius 3 is 2.73 bits per heavy atom. The molecule has 78 valence electrons. The molecule has 15 heavy (non-hydrogen) atoms. The van der Waals surface area contributed by atoms with E-state index in [1.807, 2.05) is 30.3 Å². The van der Waals surface area contributed by atoms with Gasteiger partial charge in [-0.15, -0.1) is 0 Å². The molecule has 4 heteroatoms. The van der Waals surface area contributed by atoms with Crippen LogP contribution in [0.2, 0.25) is 0 Å². The molecule has 1 aromatic carbocycles. The maximum absolute atomic E-state index is 5.90. The minimum absolute atomic E-state index is 0.666. The molecule has 2 rings (SSSR count). The third kappa shape index (κ3) is 1.90. The van der Waals surface area contributed by atoms with Crippen LogP contribution < -0.4 is 5.73 Å². The summed E-state index contributed by atoms with van der Waals surface area (Å²) in [6.07, 6.45) is 0.891. The summed E-state index contributed by atoms with van der Waals surface area (Å²) in [4.78, 5) is 0. The second-order valence-corrected chi connectivity index (χ2v) is 4.13. The number of anilines is 1. The number of benzene rings is 1. The molecule has 0 bridgehead atoms. The Balaban J connectivity index is 2.54. The van der Waals surface area contributed by atoms with Crippen LogP contribution >= 0.6 is 15.9 Å². The third-order valence-electron chi connectivity index (χ3n) is 2.23. The van der Waals surface area contributed by atoms with Crippen molar-refractivity contribution in [3.8, 4) is 5.69 Å². The summed E-state index contributed by atoms with van der Waals surface area (Å²) in [7, 11) is 0. The highest BCUT2D eigenvalue weighted by Gasteiger charge is 2.07. The largest absolute Gasteiger partial charge is 0.384 e. The van der Waals surface area contributed by atoms with Crippen molar-refractivity contribution in [3.05, 3.63) is 40.5 Å². The Morgan fingerprint density at radius 1 is 1.40 bits per heavy atom. The van der Waals surface area contributed by atoms with E-state index < -0.39 is 0 Å². The van der Waals surface area contributed by atoms with Gasteiger partial charge in [-0.3, -0.25) is 0 Å². The first-order valence-corrected chi connectivity index (χ1v) is 5.61. The highest BCUT2D eigenvalue weighted by atomic mass is 79.9. The molecule has 0 radical (unpaired) electrons. The zero-order chi connectivity index (χ0) is 10.8. The van der Waals surface area contributed by atoms with Gasteiger partial charge in [-0.1, -0.05) is 19.1 Å². The van der Waals surface area contributed by atoms with Gasteiger partial charge >= 0.3 is 0 Å². The van der Waals surface area contributed by atoms with Gasteiger partial charge in [0, 0.05) is 10.5 Å². The van der Waals surface area contributed by atoms with E-state index in [0.29, 0.717) is 5.82 Å². The van der Waals surface area contributed by atoms with Gasteiger partial charge in [0.2, 0.25) is 0 Å². The Hall–Kier alpha value is -1.29. The van der Waals surface area contributed by atoms with E-state index in [1.165, 1.54) is 0 Å². The molecule has 0 unspecified atom stereocenters. The van der Waals surface area contributed by atoms with E-state index in [9.17, 15) is 0 Å². The number of para-hydroxylation sites is 1. The van der Waals surface area contributed by atoms with Crippen LogP contribution in [0.4, 0.5) is 5.82 Å². The van der Waals surface area contributed by atoms with E-state index in [-0.39, 0.29) is 0 Å². The predicted octanol–water partition coefficient (Wildman–Crippen LogP) is 2.78. The number of nitrogens with two attached hydrogens (primary N) is 1. The molecule has 0 atom stereocenters. The normalized spacial score (nSPS) is 10.5. The second-order valence-electron chi connectivity index (χ2n) is 3.28. The lowest BCUT2D eigenvalue weighted by Gasteiger charge is -2.05. The molecule has 0 aliphatic rings. The van der Waals surface area contributed by atoms with Crippen LogP contribution in [0.15, 0.2) is 34.8 Å². The topological polar surface area (TPSA) is 43.8 Å². The lowest BCUT2D eigenvalue weighted by Crippen LogP contribution is -2.02. The van der Waals surface area contributed by atoms with Gasteiger partial charge in [0.05, 0.1) is 11.4 Å².